The second kappa shape index (κ2) is 9.70. The molecule has 34 heavy (non-hydrogen) atoms. The molecule has 3 amide bonds. The zero-order valence-electron chi connectivity index (χ0n) is 17.4. The third-order valence-electron chi connectivity index (χ3n) is 5.31. The van der Waals surface area contributed by atoms with E-state index in [0.29, 0.717) is 11.3 Å². The van der Waals surface area contributed by atoms with Crippen molar-refractivity contribution in [1.82, 2.24) is 9.88 Å². The van der Waals surface area contributed by atoms with Crippen LogP contribution >= 0.6 is 27.5 Å². The van der Waals surface area contributed by atoms with Crippen molar-refractivity contribution < 1.29 is 19.3 Å². The van der Waals surface area contributed by atoms with Gasteiger partial charge in [0.15, 0.2) is 0 Å². The molecule has 3 aromatic rings. The summed E-state index contributed by atoms with van der Waals surface area (Å²) >= 11 is 9.21. The van der Waals surface area contributed by atoms with Gasteiger partial charge in [-0.2, -0.15) is 0 Å². The fourth-order valence-corrected chi connectivity index (χ4v) is 4.14. The van der Waals surface area contributed by atoms with Gasteiger partial charge in [0.2, 0.25) is 5.91 Å². The molecule has 172 valence electrons. The number of aromatic nitrogens is 1. The largest absolute Gasteiger partial charge is 0.322 e. The molecule has 0 saturated carbocycles. The molecule has 1 unspecified atom stereocenters. The summed E-state index contributed by atoms with van der Waals surface area (Å²) in [5.74, 6) is -1.66. The van der Waals surface area contributed by atoms with Crippen molar-refractivity contribution >= 4 is 56.6 Å². The number of nitro benzene ring substituents is 1. The van der Waals surface area contributed by atoms with E-state index in [-0.39, 0.29) is 23.6 Å². The molecule has 9 nitrogen and oxygen atoms in total. The third-order valence-corrected chi connectivity index (χ3v) is 6.16. The standard InChI is InChI=1S/C23H16BrClN4O5/c24-16-4-6-17(7-5-16)28-21(30)11-20(23(28)32)27(13-14-2-1-9-26-12-14)22(31)15-3-8-18(25)19(10-15)29(33)34/h1-10,12,20H,11,13H2. The number of amides is 3. The Morgan fingerprint density at radius 1 is 1.21 bits per heavy atom. The summed E-state index contributed by atoms with van der Waals surface area (Å²) in [6.07, 6.45) is 2.88. The van der Waals surface area contributed by atoms with Gasteiger partial charge in [0, 0.05) is 35.0 Å². The van der Waals surface area contributed by atoms with Crippen LogP contribution in [0, 0.1) is 10.1 Å². The maximum absolute atomic E-state index is 13.5. The molecule has 1 aliphatic rings. The predicted octanol–water partition coefficient (Wildman–Crippen LogP) is 4.38. The molecule has 1 aliphatic heterocycles. The minimum atomic E-state index is -1.10. The number of carbonyl (C=O) groups excluding carboxylic acids is 3. The molecule has 2 aromatic carbocycles. The number of imide groups is 1. The quantitative estimate of drug-likeness (QED) is 0.259. The molecule has 2 heterocycles. The first-order valence-electron chi connectivity index (χ1n) is 10.0. The zero-order valence-corrected chi connectivity index (χ0v) is 19.8. The van der Waals surface area contributed by atoms with Gasteiger partial charge in [-0.05, 0) is 48.0 Å². The summed E-state index contributed by atoms with van der Waals surface area (Å²) < 4.78 is 0.782. The molecule has 0 spiro atoms. The predicted molar refractivity (Wildman–Crippen MR) is 127 cm³/mol. The van der Waals surface area contributed by atoms with E-state index in [1.807, 2.05) is 0 Å². The highest BCUT2D eigenvalue weighted by Crippen LogP contribution is 2.30. The van der Waals surface area contributed by atoms with Crippen LogP contribution in [-0.2, 0) is 16.1 Å². The van der Waals surface area contributed by atoms with Crippen LogP contribution in [0.25, 0.3) is 0 Å². The van der Waals surface area contributed by atoms with Gasteiger partial charge >= 0.3 is 0 Å². The molecule has 0 radical (unpaired) electrons. The van der Waals surface area contributed by atoms with Gasteiger partial charge in [0.25, 0.3) is 17.5 Å². The summed E-state index contributed by atoms with van der Waals surface area (Å²) in [7, 11) is 0. The average molecular weight is 544 g/mol. The van der Waals surface area contributed by atoms with Crippen LogP contribution in [0.1, 0.15) is 22.3 Å². The Hall–Kier alpha value is -3.63. The molecule has 0 N–H and O–H groups in total. The molecule has 1 atom stereocenters. The van der Waals surface area contributed by atoms with E-state index in [1.54, 1.807) is 48.8 Å². The highest BCUT2D eigenvalue weighted by atomic mass is 79.9. The minimum Gasteiger partial charge on any atom is -0.322 e. The number of carbonyl (C=O) groups is 3. The number of anilines is 1. The van der Waals surface area contributed by atoms with Gasteiger partial charge in [0.05, 0.1) is 17.0 Å². The van der Waals surface area contributed by atoms with Crippen molar-refractivity contribution in [3.05, 3.63) is 97.7 Å². The normalized spacial score (nSPS) is 15.5. The monoisotopic (exact) mass is 542 g/mol. The number of halogens is 2. The maximum Gasteiger partial charge on any atom is 0.288 e. The van der Waals surface area contributed by atoms with E-state index < -0.39 is 34.4 Å². The first-order valence-corrected chi connectivity index (χ1v) is 11.2. The maximum atomic E-state index is 13.5. The molecular formula is C23H16BrClN4O5. The highest BCUT2D eigenvalue weighted by Gasteiger charge is 2.44. The van der Waals surface area contributed by atoms with Crippen LogP contribution in [-0.4, -0.2) is 38.6 Å². The Balaban J connectivity index is 1.72. The number of pyridine rings is 1. The lowest BCUT2D eigenvalue weighted by atomic mass is 10.1. The lowest BCUT2D eigenvalue weighted by Gasteiger charge is -2.28. The average Bonchev–Trinajstić information content (AvgIpc) is 3.12. The second-order valence-corrected chi connectivity index (χ2v) is 8.80. The van der Waals surface area contributed by atoms with E-state index >= 15 is 0 Å². The summed E-state index contributed by atoms with van der Waals surface area (Å²) in [6.45, 7) is -0.0268. The third kappa shape index (κ3) is 4.68. The van der Waals surface area contributed by atoms with Crippen molar-refractivity contribution in [2.75, 3.05) is 4.90 Å². The van der Waals surface area contributed by atoms with Crippen molar-refractivity contribution in [3.8, 4) is 0 Å². The Kier molecular flexibility index (Phi) is 6.71. The smallest absolute Gasteiger partial charge is 0.288 e. The van der Waals surface area contributed by atoms with Crippen LogP contribution < -0.4 is 4.90 Å². The summed E-state index contributed by atoms with van der Waals surface area (Å²) in [5.41, 5.74) is 0.555. The van der Waals surface area contributed by atoms with Gasteiger partial charge < -0.3 is 4.90 Å². The van der Waals surface area contributed by atoms with Crippen LogP contribution in [0.4, 0.5) is 11.4 Å². The van der Waals surface area contributed by atoms with Gasteiger partial charge in [-0.25, -0.2) is 4.90 Å². The van der Waals surface area contributed by atoms with Crippen LogP contribution in [0.15, 0.2) is 71.5 Å². The zero-order chi connectivity index (χ0) is 24.4. The first-order chi connectivity index (χ1) is 16.3. The number of hydrogen-bond donors (Lipinski definition) is 0. The van der Waals surface area contributed by atoms with E-state index in [9.17, 15) is 24.5 Å². The lowest BCUT2D eigenvalue weighted by molar-refractivity contribution is -0.384. The molecule has 11 heteroatoms. The Bertz CT molecular complexity index is 1290. The molecule has 1 fully saturated rings. The summed E-state index contributed by atoms with van der Waals surface area (Å²) in [5, 5.41) is 11.2. The number of nitro groups is 1. The van der Waals surface area contributed by atoms with Crippen molar-refractivity contribution in [1.29, 1.82) is 0 Å². The molecule has 1 saturated heterocycles. The van der Waals surface area contributed by atoms with Crippen molar-refractivity contribution in [2.24, 2.45) is 0 Å². The van der Waals surface area contributed by atoms with E-state index in [1.165, 1.54) is 17.0 Å². The molecule has 0 bridgehead atoms. The summed E-state index contributed by atoms with van der Waals surface area (Å²) in [6, 6.07) is 12.6. The van der Waals surface area contributed by atoms with Crippen LogP contribution in [0.5, 0.6) is 0 Å². The number of hydrogen-bond acceptors (Lipinski definition) is 6. The van der Waals surface area contributed by atoms with Gasteiger partial charge in [-0.3, -0.25) is 29.5 Å². The lowest BCUT2D eigenvalue weighted by Crippen LogP contribution is -2.45. The van der Waals surface area contributed by atoms with Gasteiger partial charge in [-0.15, -0.1) is 0 Å². The number of rotatable bonds is 6. The van der Waals surface area contributed by atoms with Gasteiger partial charge in [0.1, 0.15) is 11.1 Å². The van der Waals surface area contributed by atoms with Crippen molar-refractivity contribution in [2.45, 2.75) is 19.0 Å². The van der Waals surface area contributed by atoms with Crippen LogP contribution in [0.3, 0.4) is 0 Å². The Labute approximate surface area is 207 Å². The number of benzene rings is 2. The van der Waals surface area contributed by atoms with E-state index in [2.05, 4.69) is 20.9 Å². The van der Waals surface area contributed by atoms with Gasteiger partial charge in [-0.1, -0.05) is 33.6 Å². The van der Waals surface area contributed by atoms with E-state index in [4.69, 9.17) is 11.6 Å². The minimum absolute atomic E-state index is 0.0256. The molecule has 4 rings (SSSR count). The molecule has 0 aliphatic carbocycles. The second-order valence-electron chi connectivity index (χ2n) is 7.48. The number of nitrogens with zero attached hydrogens (tertiary/aromatic N) is 4. The fraction of sp³-hybridized carbons (Fsp3) is 0.130. The highest BCUT2D eigenvalue weighted by molar-refractivity contribution is 9.10. The Morgan fingerprint density at radius 3 is 2.59 bits per heavy atom. The Morgan fingerprint density at radius 2 is 1.94 bits per heavy atom. The topological polar surface area (TPSA) is 114 Å². The molecular weight excluding hydrogens is 528 g/mol. The van der Waals surface area contributed by atoms with Crippen molar-refractivity contribution in [3.63, 3.8) is 0 Å². The SMILES string of the molecule is O=C1CC(N(Cc2cccnc2)C(=O)c2ccc(Cl)c([N+](=O)[O-])c2)C(=O)N1c1ccc(Br)cc1. The first kappa shape index (κ1) is 23.5. The van der Waals surface area contributed by atoms with Crippen LogP contribution in [0.2, 0.25) is 5.02 Å². The fourth-order valence-electron chi connectivity index (χ4n) is 3.68. The summed E-state index contributed by atoms with van der Waals surface area (Å²) in [4.78, 5) is 56.6. The molecule has 1 aromatic heterocycles. The van der Waals surface area contributed by atoms with E-state index in [0.717, 1.165) is 15.4 Å².